The molecule has 0 spiro atoms. The fraction of sp³-hybridized carbons (Fsp3) is 0.357. The second-order valence-electron chi connectivity index (χ2n) is 4.16. The summed E-state index contributed by atoms with van der Waals surface area (Å²) in [6.07, 6.45) is -0.704. The molecule has 102 valence electrons. The Morgan fingerprint density at radius 1 is 1.47 bits per heavy atom. The lowest BCUT2D eigenvalue weighted by Crippen LogP contribution is -2.10. The molecule has 5 heteroatoms. The maximum absolute atomic E-state index is 11.4. The highest BCUT2D eigenvalue weighted by molar-refractivity contribution is 5.87. The van der Waals surface area contributed by atoms with E-state index in [0.717, 1.165) is 0 Å². The maximum atomic E-state index is 11.4. The number of aliphatic hydroxyl groups excluding tert-OH is 1. The van der Waals surface area contributed by atoms with Crippen LogP contribution in [-0.4, -0.2) is 24.5 Å². The lowest BCUT2D eigenvalue weighted by molar-refractivity contribution is -0.138. The zero-order chi connectivity index (χ0) is 13.8. The number of carbonyl (C=O) groups is 1. The van der Waals surface area contributed by atoms with E-state index in [1.807, 2.05) is 0 Å². The van der Waals surface area contributed by atoms with E-state index in [1.165, 1.54) is 0 Å². The monoisotopic (exact) mass is 264 g/mol. The van der Waals surface area contributed by atoms with Crippen molar-refractivity contribution in [2.45, 2.75) is 19.4 Å². The predicted molar refractivity (Wildman–Crippen MR) is 67.9 cm³/mol. The van der Waals surface area contributed by atoms with E-state index < -0.39 is 12.1 Å². The molecule has 1 heterocycles. The lowest BCUT2D eigenvalue weighted by Gasteiger charge is -2.12. The highest BCUT2D eigenvalue weighted by Crippen LogP contribution is 2.35. The fourth-order valence-electron chi connectivity index (χ4n) is 1.79. The van der Waals surface area contributed by atoms with Gasteiger partial charge in [0.1, 0.15) is 0 Å². The topological polar surface area (TPSA) is 65.0 Å². The number of carbonyl (C=O) groups excluding carboxylic acids is 1. The summed E-state index contributed by atoms with van der Waals surface area (Å²) >= 11 is 0. The van der Waals surface area contributed by atoms with Crippen molar-refractivity contribution >= 4 is 5.97 Å². The minimum absolute atomic E-state index is 0.123. The molecule has 0 fully saturated rings. The van der Waals surface area contributed by atoms with Crippen LogP contribution in [0, 0.1) is 0 Å². The Kier molecular flexibility index (Phi) is 4.06. The molecular formula is C14H16O5. The minimum Gasteiger partial charge on any atom is -0.463 e. The van der Waals surface area contributed by atoms with Gasteiger partial charge in [-0.05, 0) is 24.6 Å². The van der Waals surface area contributed by atoms with Crippen LogP contribution in [0.3, 0.4) is 0 Å². The van der Waals surface area contributed by atoms with Crippen molar-refractivity contribution in [3.05, 3.63) is 35.9 Å². The van der Waals surface area contributed by atoms with Crippen molar-refractivity contribution < 1.29 is 24.1 Å². The molecule has 1 aromatic rings. The molecule has 0 aliphatic carbocycles. The number of ether oxygens (including phenoxy) is 3. The Morgan fingerprint density at radius 3 is 2.95 bits per heavy atom. The molecule has 5 nitrogen and oxygen atoms in total. The number of hydrogen-bond donors (Lipinski definition) is 1. The summed E-state index contributed by atoms with van der Waals surface area (Å²) in [5.41, 5.74) is 0.890. The number of benzene rings is 1. The first-order valence-corrected chi connectivity index (χ1v) is 6.04. The fourth-order valence-corrected chi connectivity index (χ4v) is 1.79. The molecule has 0 bridgehead atoms. The average molecular weight is 264 g/mol. The Hall–Kier alpha value is -2.01. The molecule has 1 N–H and O–H groups in total. The molecular weight excluding hydrogens is 248 g/mol. The van der Waals surface area contributed by atoms with E-state index in [2.05, 4.69) is 6.58 Å². The quantitative estimate of drug-likeness (QED) is 0.650. The third-order valence-electron chi connectivity index (χ3n) is 2.79. The largest absolute Gasteiger partial charge is 0.463 e. The summed E-state index contributed by atoms with van der Waals surface area (Å²) in [4.78, 5) is 11.4. The summed E-state index contributed by atoms with van der Waals surface area (Å²) in [6.45, 7) is 5.82. The third-order valence-corrected chi connectivity index (χ3v) is 2.79. The molecule has 2 rings (SSSR count). The Morgan fingerprint density at radius 2 is 2.21 bits per heavy atom. The maximum Gasteiger partial charge on any atom is 0.333 e. The minimum atomic E-state index is -0.827. The molecule has 1 unspecified atom stereocenters. The van der Waals surface area contributed by atoms with Gasteiger partial charge in [0.25, 0.3) is 0 Å². The van der Waals surface area contributed by atoms with Crippen LogP contribution < -0.4 is 9.47 Å². The molecule has 0 aromatic heterocycles. The van der Waals surface area contributed by atoms with E-state index in [9.17, 15) is 9.90 Å². The van der Waals surface area contributed by atoms with Gasteiger partial charge in [-0.3, -0.25) is 0 Å². The van der Waals surface area contributed by atoms with Gasteiger partial charge >= 0.3 is 5.97 Å². The summed E-state index contributed by atoms with van der Waals surface area (Å²) in [5.74, 6) is 0.765. The first-order chi connectivity index (χ1) is 9.11. The van der Waals surface area contributed by atoms with Gasteiger partial charge in [-0.15, -0.1) is 0 Å². The van der Waals surface area contributed by atoms with Crippen molar-refractivity contribution in [1.29, 1.82) is 0 Å². The molecule has 19 heavy (non-hydrogen) atoms. The van der Waals surface area contributed by atoms with Gasteiger partial charge in [0.15, 0.2) is 11.5 Å². The first kappa shape index (κ1) is 13.4. The number of esters is 1. The molecule has 0 radical (unpaired) electrons. The normalized spacial score (nSPS) is 14.0. The van der Waals surface area contributed by atoms with E-state index in [0.29, 0.717) is 17.1 Å². The molecule has 1 aromatic carbocycles. The van der Waals surface area contributed by atoms with Crippen LogP contribution >= 0.6 is 0 Å². The van der Waals surface area contributed by atoms with Gasteiger partial charge in [0.05, 0.1) is 12.7 Å². The summed E-state index contributed by atoms with van der Waals surface area (Å²) < 4.78 is 15.2. The Bertz CT molecular complexity index is 495. The van der Waals surface area contributed by atoms with Gasteiger partial charge in [0, 0.05) is 12.0 Å². The first-order valence-electron chi connectivity index (χ1n) is 6.04. The van der Waals surface area contributed by atoms with E-state index >= 15 is 0 Å². The van der Waals surface area contributed by atoms with Gasteiger partial charge in [-0.25, -0.2) is 4.79 Å². The van der Waals surface area contributed by atoms with E-state index in [-0.39, 0.29) is 25.4 Å². The molecule has 1 aliphatic heterocycles. The zero-order valence-corrected chi connectivity index (χ0v) is 10.7. The van der Waals surface area contributed by atoms with Crippen LogP contribution in [0.1, 0.15) is 25.0 Å². The summed E-state index contributed by atoms with van der Waals surface area (Å²) in [6, 6.07) is 5.16. The van der Waals surface area contributed by atoms with Crippen molar-refractivity contribution in [3.63, 3.8) is 0 Å². The van der Waals surface area contributed by atoms with Gasteiger partial charge in [0.2, 0.25) is 6.79 Å². The van der Waals surface area contributed by atoms with E-state index in [4.69, 9.17) is 14.2 Å². The Labute approximate surface area is 111 Å². The average Bonchev–Trinajstić information content (AvgIpc) is 2.85. The second kappa shape index (κ2) is 5.75. The molecule has 1 atom stereocenters. The van der Waals surface area contributed by atoms with Crippen molar-refractivity contribution in [3.8, 4) is 11.5 Å². The zero-order valence-electron chi connectivity index (χ0n) is 10.7. The predicted octanol–water partition coefficient (Wildman–Crippen LogP) is 1.96. The van der Waals surface area contributed by atoms with Crippen LogP contribution in [0.25, 0.3) is 0 Å². The number of rotatable bonds is 5. The van der Waals surface area contributed by atoms with Crippen LogP contribution in [0.15, 0.2) is 30.4 Å². The van der Waals surface area contributed by atoms with E-state index in [1.54, 1.807) is 25.1 Å². The van der Waals surface area contributed by atoms with Crippen LogP contribution in [0.5, 0.6) is 11.5 Å². The van der Waals surface area contributed by atoms with Gasteiger partial charge in [-0.1, -0.05) is 12.6 Å². The van der Waals surface area contributed by atoms with Crippen molar-refractivity contribution in [2.24, 2.45) is 0 Å². The number of fused-ring (bicyclic) bond motifs is 1. The molecule has 0 saturated carbocycles. The van der Waals surface area contributed by atoms with Crippen molar-refractivity contribution in [2.75, 3.05) is 13.4 Å². The highest BCUT2D eigenvalue weighted by Gasteiger charge is 2.19. The third kappa shape index (κ3) is 3.06. The summed E-state index contributed by atoms with van der Waals surface area (Å²) in [5, 5.41) is 10.1. The smallest absolute Gasteiger partial charge is 0.333 e. The van der Waals surface area contributed by atoms with Crippen LogP contribution in [-0.2, 0) is 9.53 Å². The van der Waals surface area contributed by atoms with Gasteiger partial charge < -0.3 is 19.3 Å². The highest BCUT2D eigenvalue weighted by atomic mass is 16.7. The summed E-state index contributed by atoms with van der Waals surface area (Å²) in [7, 11) is 0. The van der Waals surface area contributed by atoms with Crippen LogP contribution in [0.2, 0.25) is 0 Å². The SMILES string of the molecule is C=C(CC(O)c1ccc2c(c1)OCO2)C(=O)OCC. The Balaban J connectivity index is 2.02. The molecule has 0 amide bonds. The number of hydrogen-bond acceptors (Lipinski definition) is 5. The molecule has 0 saturated heterocycles. The standard InChI is InChI=1S/C14H16O5/c1-3-17-14(16)9(2)6-11(15)10-4-5-12-13(7-10)19-8-18-12/h4-5,7,11,15H,2-3,6,8H2,1H3. The number of aliphatic hydroxyl groups is 1. The van der Waals surface area contributed by atoms with Crippen LogP contribution in [0.4, 0.5) is 0 Å². The molecule has 1 aliphatic rings. The van der Waals surface area contributed by atoms with Crippen molar-refractivity contribution in [1.82, 2.24) is 0 Å². The second-order valence-corrected chi connectivity index (χ2v) is 4.16. The van der Waals surface area contributed by atoms with Gasteiger partial charge in [-0.2, -0.15) is 0 Å². The lowest BCUT2D eigenvalue weighted by atomic mass is 10.0.